The second-order valence-electron chi connectivity index (χ2n) is 3.52. The molecule has 0 radical (unpaired) electrons. The van der Waals surface area contributed by atoms with Gasteiger partial charge in [0.25, 0.3) is 0 Å². The summed E-state index contributed by atoms with van der Waals surface area (Å²) in [5.74, 6) is -0.306. The number of halogens is 2. The van der Waals surface area contributed by atoms with Crippen molar-refractivity contribution in [2.75, 3.05) is 0 Å². The Morgan fingerprint density at radius 3 is 2.71 bits per heavy atom. The van der Waals surface area contributed by atoms with E-state index in [0.29, 0.717) is 5.02 Å². The van der Waals surface area contributed by atoms with Gasteiger partial charge in [0.2, 0.25) is 0 Å². The van der Waals surface area contributed by atoms with Crippen LogP contribution in [0.1, 0.15) is 38.2 Å². The van der Waals surface area contributed by atoms with Crippen LogP contribution in [0.4, 0.5) is 4.39 Å². The predicted molar refractivity (Wildman–Crippen MR) is 59.3 cm³/mol. The highest BCUT2D eigenvalue weighted by atomic mass is 35.5. The molecule has 0 aliphatic carbocycles. The van der Waals surface area contributed by atoms with E-state index in [1.807, 2.05) is 6.07 Å². The lowest BCUT2D eigenvalue weighted by atomic mass is 10.1. The average Bonchev–Trinajstić information content (AvgIpc) is 2.19. The molecule has 1 aromatic rings. The fourth-order valence-electron chi connectivity index (χ4n) is 1.48. The third-order valence-corrected chi connectivity index (χ3v) is 2.75. The van der Waals surface area contributed by atoms with Gasteiger partial charge in [-0.15, -0.1) is 0 Å². The van der Waals surface area contributed by atoms with Crippen molar-refractivity contribution in [3.05, 3.63) is 34.6 Å². The van der Waals surface area contributed by atoms with Gasteiger partial charge in [-0.3, -0.25) is 0 Å². The van der Waals surface area contributed by atoms with Gasteiger partial charge in [0.05, 0.1) is 5.02 Å². The molecule has 0 atom stereocenters. The van der Waals surface area contributed by atoms with E-state index in [-0.39, 0.29) is 5.82 Å². The Morgan fingerprint density at radius 1 is 1.21 bits per heavy atom. The number of benzene rings is 1. The Bertz CT molecular complexity index is 284. The van der Waals surface area contributed by atoms with E-state index in [9.17, 15) is 4.39 Å². The van der Waals surface area contributed by atoms with Crippen molar-refractivity contribution in [2.24, 2.45) is 0 Å². The molecule has 14 heavy (non-hydrogen) atoms. The molecule has 0 N–H and O–H groups in total. The second kappa shape index (κ2) is 6.02. The van der Waals surface area contributed by atoms with Gasteiger partial charge >= 0.3 is 0 Å². The summed E-state index contributed by atoms with van der Waals surface area (Å²) in [6, 6.07) is 5.02. The van der Waals surface area contributed by atoms with Crippen LogP contribution in [0.5, 0.6) is 0 Å². The van der Waals surface area contributed by atoms with E-state index in [1.54, 1.807) is 6.07 Å². The minimum atomic E-state index is -0.306. The summed E-state index contributed by atoms with van der Waals surface area (Å²) in [6.07, 6.45) is 5.64. The van der Waals surface area contributed by atoms with Gasteiger partial charge < -0.3 is 0 Å². The van der Waals surface area contributed by atoms with Crippen LogP contribution in [0.25, 0.3) is 0 Å². The Balaban J connectivity index is 2.46. The third kappa shape index (κ3) is 3.30. The van der Waals surface area contributed by atoms with Crippen molar-refractivity contribution in [1.82, 2.24) is 0 Å². The standard InChI is InChI=1S/C12H16ClF/c1-2-3-4-5-7-10-8-6-9-11(14)12(10)13/h6,8-9H,2-5,7H2,1H3. The fourth-order valence-corrected chi connectivity index (χ4v) is 1.70. The van der Waals surface area contributed by atoms with E-state index < -0.39 is 0 Å². The van der Waals surface area contributed by atoms with E-state index >= 15 is 0 Å². The van der Waals surface area contributed by atoms with Gasteiger partial charge in [0, 0.05) is 0 Å². The largest absolute Gasteiger partial charge is 0.205 e. The summed E-state index contributed by atoms with van der Waals surface area (Å²) in [4.78, 5) is 0. The number of hydrogen-bond acceptors (Lipinski definition) is 0. The van der Waals surface area contributed by atoms with Crippen molar-refractivity contribution in [2.45, 2.75) is 39.0 Å². The van der Waals surface area contributed by atoms with Crippen LogP contribution in [0.2, 0.25) is 5.02 Å². The molecule has 1 aromatic carbocycles. The van der Waals surface area contributed by atoms with Crippen LogP contribution < -0.4 is 0 Å². The molecule has 0 spiro atoms. The van der Waals surface area contributed by atoms with Gasteiger partial charge in [0.1, 0.15) is 5.82 Å². The molecule has 0 fully saturated rings. The molecule has 78 valence electrons. The Morgan fingerprint density at radius 2 is 2.00 bits per heavy atom. The number of hydrogen-bond donors (Lipinski definition) is 0. The highest BCUT2D eigenvalue weighted by Crippen LogP contribution is 2.21. The summed E-state index contributed by atoms with van der Waals surface area (Å²) in [7, 11) is 0. The Hall–Kier alpha value is -0.560. The van der Waals surface area contributed by atoms with Crippen molar-refractivity contribution in [1.29, 1.82) is 0 Å². The zero-order valence-electron chi connectivity index (χ0n) is 8.52. The van der Waals surface area contributed by atoms with E-state index in [4.69, 9.17) is 11.6 Å². The number of aryl methyl sites for hydroxylation is 1. The first kappa shape index (κ1) is 11.5. The van der Waals surface area contributed by atoms with E-state index in [1.165, 1.54) is 25.3 Å². The molecule has 0 aromatic heterocycles. The van der Waals surface area contributed by atoms with Crippen molar-refractivity contribution < 1.29 is 4.39 Å². The van der Waals surface area contributed by atoms with Crippen LogP contribution in [0.3, 0.4) is 0 Å². The number of unbranched alkanes of at least 4 members (excludes halogenated alkanes) is 3. The maximum absolute atomic E-state index is 13.0. The first-order valence-corrected chi connectivity index (χ1v) is 5.56. The third-order valence-electron chi connectivity index (χ3n) is 2.33. The molecule has 0 unspecified atom stereocenters. The van der Waals surface area contributed by atoms with Crippen LogP contribution in [-0.2, 0) is 6.42 Å². The minimum absolute atomic E-state index is 0.295. The zero-order valence-corrected chi connectivity index (χ0v) is 9.28. The molecule has 0 saturated carbocycles. The first-order valence-electron chi connectivity index (χ1n) is 5.18. The summed E-state index contributed by atoms with van der Waals surface area (Å²) >= 11 is 5.83. The molecule has 0 heterocycles. The van der Waals surface area contributed by atoms with Crippen molar-refractivity contribution in [3.8, 4) is 0 Å². The molecule has 0 aliphatic rings. The summed E-state index contributed by atoms with van der Waals surface area (Å²) in [5.41, 5.74) is 0.933. The van der Waals surface area contributed by atoms with Crippen molar-refractivity contribution in [3.63, 3.8) is 0 Å². The molecular formula is C12H16ClF. The molecule has 0 nitrogen and oxygen atoms in total. The molecule has 2 heteroatoms. The van der Waals surface area contributed by atoms with Crippen LogP contribution in [0, 0.1) is 5.82 Å². The molecular weight excluding hydrogens is 199 g/mol. The van der Waals surface area contributed by atoms with Crippen LogP contribution in [-0.4, -0.2) is 0 Å². The minimum Gasteiger partial charge on any atom is -0.205 e. The summed E-state index contributed by atoms with van der Waals surface area (Å²) in [6.45, 7) is 2.18. The van der Waals surface area contributed by atoms with Gasteiger partial charge in [-0.1, -0.05) is 49.9 Å². The lowest BCUT2D eigenvalue weighted by Crippen LogP contribution is -1.89. The molecule has 0 bridgehead atoms. The molecule has 0 saturated heterocycles. The van der Waals surface area contributed by atoms with Gasteiger partial charge in [-0.2, -0.15) is 0 Å². The topological polar surface area (TPSA) is 0 Å². The van der Waals surface area contributed by atoms with Crippen molar-refractivity contribution >= 4 is 11.6 Å². The predicted octanol–water partition coefficient (Wildman–Crippen LogP) is 4.60. The summed E-state index contributed by atoms with van der Waals surface area (Å²) < 4.78 is 13.0. The van der Waals surface area contributed by atoms with Crippen LogP contribution >= 0.6 is 11.6 Å². The maximum Gasteiger partial charge on any atom is 0.142 e. The van der Waals surface area contributed by atoms with Crippen LogP contribution in [0.15, 0.2) is 18.2 Å². The Labute approximate surface area is 90.1 Å². The summed E-state index contributed by atoms with van der Waals surface area (Å²) in [5, 5.41) is 0.295. The lowest BCUT2D eigenvalue weighted by molar-refractivity contribution is 0.621. The zero-order chi connectivity index (χ0) is 10.4. The lowest BCUT2D eigenvalue weighted by Gasteiger charge is -2.04. The highest BCUT2D eigenvalue weighted by Gasteiger charge is 2.04. The maximum atomic E-state index is 13.0. The smallest absolute Gasteiger partial charge is 0.142 e. The van der Waals surface area contributed by atoms with Gasteiger partial charge in [-0.25, -0.2) is 4.39 Å². The average molecular weight is 215 g/mol. The van der Waals surface area contributed by atoms with E-state index in [2.05, 4.69) is 6.92 Å². The quantitative estimate of drug-likeness (QED) is 0.629. The van der Waals surface area contributed by atoms with E-state index in [0.717, 1.165) is 18.4 Å². The Kier molecular flexibility index (Phi) is 4.95. The molecule has 0 aliphatic heterocycles. The fraction of sp³-hybridized carbons (Fsp3) is 0.500. The normalized spacial score (nSPS) is 10.5. The first-order chi connectivity index (χ1) is 6.75. The highest BCUT2D eigenvalue weighted by molar-refractivity contribution is 6.31. The van der Waals surface area contributed by atoms with Gasteiger partial charge in [0.15, 0.2) is 0 Å². The molecule has 1 rings (SSSR count). The SMILES string of the molecule is CCCCCCc1cccc(F)c1Cl. The second-order valence-corrected chi connectivity index (χ2v) is 3.90. The number of rotatable bonds is 5. The molecule has 0 amide bonds. The monoisotopic (exact) mass is 214 g/mol. The van der Waals surface area contributed by atoms with Gasteiger partial charge in [-0.05, 0) is 24.5 Å².